The number of aliphatic hydroxyl groups excluding tert-OH is 1. The molecule has 0 aliphatic heterocycles. The third-order valence-electron chi connectivity index (χ3n) is 1.98. The Labute approximate surface area is 92.1 Å². The van der Waals surface area contributed by atoms with Crippen LogP contribution in [0.2, 0.25) is 0 Å². The Morgan fingerprint density at radius 3 is 2.35 bits per heavy atom. The van der Waals surface area contributed by atoms with E-state index in [-0.39, 0.29) is 0 Å². The molecule has 1 heterocycles. The molecule has 0 radical (unpaired) electrons. The van der Waals surface area contributed by atoms with Crippen molar-refractivity contribution in [2.24, 2.45) is 0 Å². The second kappa shape index (κ2) is 4.63. The summed E-state index contributed by atoms with van der Waals surface area (Å²) < 4.78 is 62.5. The van der Waals surface area contributed by atoms with Gasteiger partial charge in [-0.25, -0.2) is 8.78 Å². The maximum Gasteiger partial charge on any atom is 0.418 e. The molecule has 3 nitrogen and oxygen atoms in total. The smallest absolute Gasteiger partial charge is 0.392 e. The molecular weight excluding hydrogens is 247 g/mol. The monoisotopic (exact) mass is 252 g/mol. The average molecular weight is 252 g/mol. The first-order chi connectivity index (χ1) is 7.82. The number of halogens is 5. The molecule has 0 spiro atoms. The highest BCUT2D eigenvalue weighted by atomic mass is 19.4. The number of aromatic nitrogens is 1. The van der Waals surface area contributed by atoms with Crippen molar-refractivity contribution in [3.8, 4) is 6.07 Å². The lowest BCUT2D eigenvalue weighted by atomic mass is 10.0. The number of alkyl halides is 5. The molecule has 0 aliphatic carbocycles. The van der Waals surface area contributed by atoms with Crippen LogP contribution < -0.4 is 0 Å². The van der Waals surface area contributed by atoms with E-state index in [0.717, 1.165) is 0 Å². The number of pyridine rings is 1. The fraction of sp³-hybridized carbons (Fsp3) is 0.333. The van der Waals surface area contributed by atoms with E-state index in [0.29, 0.717) is 6.20 Å². The predicted molar refractivity (Wildman–Crippen MR) is 44.8 cm³/mol. The number of rotatable bonds is 2. The van der Waals surface area contributed by atoms with Gasteiger partial charge in [0.05, 0.1) is 17.7 Å². The Morgan fingerprint density at radius 2 is 2.00 bits per heavy atom. The molecule has 0 saturated heterocycles. The summed E-state index contributed by atoms with van der Waals surface area (Å²) >= 11 is 0. The number of nitriles is 1. The third kappa shape index (κ3) is 2.50. The Bertz CT molecular complexity index is 464. The van der Waals surface area contributed by atoms with Crippen molar-refractivity contribution in [2.45, 2.75) is 19.2 Å². The highest BCUT2D eigenvalue weighted by Gasteiger charge is 2.40. The summed E-state index contributed by atoms with van der Waals surface area (Å²) in [6.45, 7) is -1.17. The van der Waals surface area contributed by atoms with Crippen molar-refractivity contribution in [3.63, 3.8) is 0 Å². The Morgan fingerprint density at radius 1 is 1.41 bits per heavy atom. The first-order valence-corrected chi connectivity index (χ1v) is 4.21. The molecule has 1 aromatic heterocycles. The molecule has 0 bridgehead atoms. The number of hydrogen-bond donors (Lipinski definition) is 1. The first-order valence-electron chi connectivity index (χ1n) is 4.21. The van der Waals surface area contributed by atoms with Crippen LogP contribution in [0.1, 0.15) is 28.8 Å². The molecule has 92 valence electrons. The van der Waals surface area contributed by atoms with Crippen molar-refractivity contribution in [1.82, 2.24) is 4.98 Å². The van der Waals surface area contributed by atoms with Gasteiger partial charge in [0.2, 0.25) is 0 Å². The second-order valence-electron chi connectivity index (χ2n) is 2.98. The molecule has 1 rings (SSSR count). The molecule has 1 aromatic rings. The van der Waals surface area contributed by atoms with E-state index in [1.54, 1.807) is 0 Å². The highest BCUT2D eigenvalue weighted by Crippen LogP contribution is 2.38. The molecule has 0 fully saturated rings. The molecule has 0 aromatic carbocycles. The SMILES string of the molecule is N#Cc1cnc(C(F)F)c(C(F)(F)F)c1CO. The first kappa shape index (κ1) is 13.3. The Hall–Kier alpha value is -1.75. The van der Waals surface area contributed by atoms with Gasteiger partial charge in [-0.05, 0) is 0 Å². The molecular formula is C9H5F5N2O. The lowest BCUT2D eigenvalue weighted by Gasteiger charge is -2.15. The summed E-state index contributed by atoms with van der Waals surface area (Å²) in [7, 11) is 0. The van der Waals surface area contributed by atoms with E-state index < -0.39 is 41.6 Å². The molecule has 0 atom stereocenters. The normalized spacial score (nSPS) is 11.6. The van der Waals surface area contributed by atoms with Gasteiger partial charge < -0.3 is 5.11 Å². The average Bonchev–Trinajstić information content (AvgIpc) is 2.25. The van der Waals surface area contributed by atoms with Crippen molar-refractivity contribution < 1.29 is 27.1 Å². The lowest BCUT2D eigenvalue weighted by Crippen LogP contribution is -2.16. The van der Waals surface area contributed by atoms with Gasteiger partial charge in [-0.3, -0.25) is 4.98 Å². The standard InChI is InChI=1S/C9H5F5N2O/c10-8(11)7-6(9(12,13)14)5(3-17)4(1-15)2-16-7/h2,8,17H,3H2. The van der Waals surface area contributed by atoms with E-state index in [9.17, 15) is 22.0 Å². The van der Waals surface area contributed by atoms with Gasteiger partial charge in [-0.15, -0.1) is 0 Å². The molecule has 17 heavy (non-hydrogen) atoms. The van der Waals surface area contributed by atoms with Crippen LogP contribution in [0.15, 0.2) is 6.20 Å². The Balaban J connectivity index is 3.64. The summed E-state index contributed by atoms with van der Waals surface area (Å²) in [6.07, 6.45) is -7.96. The minimum absolute atomic E-state index is 0.579. The second-order valence-corrected chi connectivity index (χ2v) is 2.98. The highest BCUT2D eigenvalue weighted by molar-refractivity contribution is 5.44. The topological polar surface area (TPSA) is 56.9 Å². The summed E-state index contributed by atoms with van der Waals surface area (Å²) in [5.41, 5.74) is -4.69. The van der Waals surface area contributed by atoms with Crippen molar-refractivity contribution in [3.05, 3.63) is 28.6 Å². The van der Waals surface area contributed by atoms with Gasteiger partial charge in [0.1, 0.15) is 11.8 Å². The minimum Gasteiger partial charge on any atom is -0.392 e. The maximum absolute atomic E-state index is 12.6. The molecule has 1 N–H and O–H groups in total. The minimum atomic E-state index is -5.11. The summed E-state index contributed by atoms with van der Waals surface area (Å²) in [5, 5.41) is 17.3. The van der Waals surface area contributed by atoms with Gasteiger partial charge in [0.15, 0.2) is 0 Å². The van der Waals surface area contributed by atoms with Gasteiger partial charge in [0, 0.05) is 11.8 Å². The summed E-state index contributed by atoms with van der Waals surface area (Å²) in [4.78, 5) is 2.92. The number of hydrogen-bond acceptors (Lipinski definition) is 3. The van der Waals surface area contributed by atoms with E-state index in [1.165, 1.54) is 6.07 Å². The van der Waals surface area contributed by atoms with Crippen LogP contribution in [-0.2, 0) is 12.8 Å². The Kier molecular flexibility index (Phi) is 3.63. The third-order valence-corrected chi connectivity index (χ3v) is 1.98. The zero-order chi connectivity index (χ0) is 13.2. The number of aliphatic hydroxyl groups is 1. The summed E-state index contributed by atoms with van der Waals surface area (Å²) in [5.74, 6) is 0. The quantitative estimate of drug-likeness (QED) is 0.822. The zero-order valence-electron chi connectivity index (χ0n) is 8.09. The van der Waals surface area contributed by atoms with Gasteiger partial charge in [0.25, 0.3) is 6.43 Å². The van der Waals surface area contributed by atoms with Crippen molar-refractivity contribution >= 4 is 0 Å². The van der Waals surface area contributed by atoms with E-state index in [1.807, 2.05) is 0 Å². The predicted octanol–water partition coefficient (Wildman–Crippen LogP) is 2.40. The molecule has 8 heteroatoms. The summed E-state index contributed by atoms with van der Waals surface area (Å²) in [6, 6.07) is 1.36. The zero-order valence-corrected chi connectivity index (χ0v) is 8.09. The van der Waals surface area contributed by atoms with Crippen LogP contribution in [0.3, 0.4) is 0 Å². The number of nitrogens with zero attached hydrogens (tertiary/aromatic N) is 2. The fourth-order valence-corrected chi connectivity index (χ4v) is 1.31. The van der Waals surface area contributed by atoms with Crippen molar-refractivity contribution in [2.75, 3.05) is 0 Å². The molecule has 0 aliphatic rings. The van der Waals surface area contributed by atoms with Crippen LogP contribution in [0.5, 0.6) is 0 Å². The maximum atomic E-state index is 12.6. The van der Waals surface area contributed by atoms with Crippen molar-refractivity contribution in [1.29, 1.82) is 5.26 Å². The van der Waals surface area contributed by atoms with Crippen LogP contribution in [0.4, 0.5) is 22.0 Å². The van der Waals surface area contributed by atoms with Gasteiger partial charge >= 0.3 is 6.18 Å². The van der Waals surface area contributed by atoms with Gasteiger partial charge in [-0.1, -0.05) is 0 Å². The van der Waals surface area contributed by atoms with E-state index in [4.69, 9.17) is 10.4 Å². The van der Waals surface area contributed by atoms with E-state index in [2.05, 4.69) is 4.98 Å². The van der Waals surface area contributed by atoms with Crippen LogP contribution in [0, 0.1) is 11.3 Å². The largest absolute Gasteiger partial charge is 0.418 e. The lowest BCUT2D eigenvalue weighted by molar-refractivity contribution is -0.141. The van der Waals surface area contributed by atoms with Crippen LogP contribution in [-0.4, -0.2) is 10.1 Å². The molecule has 0 saturated carbocycles. The van der Waals surface area contributed by atoms with Crippen LogP contribution in [0.25, 0.3) is 0 Å². The fourth-order valence-electron chi connectivity index (χ4n) is 1.31. The van der Waals surface area contributed by atoms with E-state index >= 15 is 0 Å². The van der Waals surface area contributed by atoms with Gasteiger partial charge in [-0.2, -0.15) is 18.4 Å². The van der Waals surface area contributed by atoms with Crippen LogP contribution >= 0.6 is 0 Å². The molecule has 0 unspecified atom stereocenters. The molecule has 0 amide bonds.